The minimum Gasteiger partial charge on any atom is -0.387 e. The fraction of sp³-hybridized carbons (Fsp3) is 0.643. The van der Waals surface area contributed by atoms with E-state index in [-0.39, 0.29) is 6.10 Å². The Morgan fingerprint density at radius 1 is 1.44 bits per heavy atom. The molecule has 1 aliphatic rings. The van der Waals surface area contributed by atoms with E-state index in [1.807, 2.05) is 14.0 Å². The Labute approximate surface area is 109 Å². The quantitative estimate of drug-likeness (QED) is 0.893. The summed E-state index contributed by atoms with van der Waals surface area (Å²) in [4.78, 5) is 7.01. The van der Waals surface area contributed by atoms with Crippen LogP contribution in [0.15, 0.2) is 12.1 Å². The van der Waals surface area contributed by atoms with Gasteiger partial charge in [0, 0.05) is 20.1 Å². The van der Waals surface area contributed by atoms with Gasteiger partial charge in [0.2, 0.25) is 0 Å². The highest BCUT2D eigenvalue weighted by Gasteiger charge is 2.25. The Bertz CT molecular complexity index is 408. The lowest BCUT2D eigenvalue weighted by Gasteiger charge is -2.37. The standard InChI is InChI=1S/C14H23N3O/c1-5-12-9-17(8-10(2)18-12)14-7-6-13(15-4)11(3)16-14/h6-7,10,12,15H,5,8-9H2,1-4H3/t10-,12+/m0/s1. The predicted molar refractivity (Wildman–Crippen MR) is 75.4 cm³/mol. The summed E-state index contributed by atoms with van der Waals surface area (Å²) in [5.41, 5.74) is 2.13. The lowest BCUT2D eigenvalue weighted by molar-refractivity contribution is -0.0174. The zero-order valence-corrected chi connectivity index (χ0v) is 11.7. The summed E-state index contributed by atoms with van der Waals surface area (Å²) in [5.74, 6) is 1.06. The molecule has 100 valence electrons. The summed E-state index contributed by atoms with van der Waals surface area (Å²) in [6.07, 6.45) is 1.64. The van der Waals surface area contributed by atoms with Crippen molar-refractivity contribution in [1.82, 2.24) is 4.98 Å². The molecule has 1 aromatic heterocycles. The molecular formula is C14H23N3O. The van der Waals surface area contributed by atoms with Crippen molar-refractivity contribution in [3.63, 3.8) is 0 Å². The van der Waals surface area contributed by atoms with Crippen LogP contribution in [0.5, 0.6) is 0 Å². The van der Waals surface area contributed by atoms with Crippen LogP contribution in [-0.4, -0.2) is 37.3 Å². The van der Waals surface area contributed by atoms with Gasteiger partial charge in [-0.25, -0.2) is 4.98 Å². The van der Waals surface area contributed by atoms with Crippen molar-refractivity contribution in [2.24, 2.45) is 0 Å². The van der Waals surface area contributed by atoms with Crippen LogP contribution in [0.25, 0.3) is 0 Å². The molecule has 2 atom stereocenters. The third-order valence-electron chi connectivity index (χ3n) is 3.45. The van der Waals surface area contributed by atoms with Crippen LogP contribution in [0.4, 0.5) is 11.5 Å². The van der Waals surface area contributed by atoms with E-state index in [0.717, 1.165) is 36.7 Å². The Morgan fingerprint density at radius 3 is 2.83 bits per heavy atom. The maximum absolute atomic E-state index is 5.88. The van der Waals surface area contributed by atoms with Gasteiger partial charge in [-0.3, -0.25) is 0 Å². The van der Waals surface area contributed by atoms with E-state index in [2.05, 4.69) is 41.2 Å². The number of ether oxygens (including phenoxy) is 1. The third kappa shape index (κ3) is 2.75. The minimum atomic E-state index is 0.273. The molecule has 2 heterocycles. The van der Waals surface area contributed by atoms with Gasteiger partial charge >= 0.3 is 0 Å². The topological polar surface area (TPSA) is 37.4 Å². The molecule has 0 aromatic carbocycles. The maximum atomic E-state index is 5.88. The molecule has 0 radical (unpaired) electrons. The molecule has 2 rings (SSSR count). The van der Waals surface area contributed by atoms with Gasteiger partial charge in [0.1, 0.15) is 5.82 Å². The van der Waals surface area contributed by atoms with Crippen molar-refractivity contribution < 1.29 is 4.74 Å². The highest BCUT2D eigenvalue weighted by atomic mass is 16.5. The largest absolute Gasteiger partial charge is 0.387 e. The van der Waals surface area contributed by atoms with Gasteiger partial charge in [-0.2, -0.15) is 0 Å². The molecule has 0 amide bonds. The third-order valence-corrected chi connectivity index (χ3v) is 3.45. The SMILES string of the molecule is CC[C@@H]1CN(c2ccc(NC)c(C)n2)C[C@H](C)O1. The number of aromatic nitrogens is 1. The van der Waals surface area contributed by atoms with Crippen molar-refractivity contribution >= 4 is 11.5 Å². The molecule has 0 bridgehead atoms. The summed E-state index contributed by atoms with van der Waals surface area (Å²) in [6.45, 7) is 8.19. The van der Waals surface area contributed by atoms with E-state index >= 15 is 0 Å². The Morgan fingerprint density at radius 2 is 2.22 bits per heavy atom. The number of aryl methyl sites for hydroxylation is 1. The average molecular weight is 249 g/mol. The summed E-state index contributed by atoms with van der Waals surface area (Å²) in [7, 11) is 1.92. The normalized spacial score (nSPS) is 24.1. The number of morpholine rings is 1. The van der Waals surface area contributed by atoms with Gasteiger partial charge in [-0.15, -0.1) is 0 Å². The number of pyridine rings is 1. The molecule has 18 heavy (non-hydrogen) atoms. The molecule has 1 saturated heterocycles. The lowest BCUT2D eigenvalue weighted by atomic mass is 10.2. The molecule has 1 fully saturated rings. The molecule has 0 saturated carbocycles. The van der Waals surface area contributed by atoms with Gasteiger partial charge < -0.3 is 15.0 Å². The first-order valence-electron chi connectivity index (χ1n) is 6.69. The summed E-state index contributed by atoms with van der Waals surface area (Å²) in [5, 5.41) is 3.15. The second-order valence-electron chi connectivity index (χ2n) is 4.93. The van der Waals surface area contributed by atoms with E-state index < -0.39 is 0 Å². The maximum Gasteiger partial charge on any atom is 0.129 e. The molecule has 0 spiro atoms. The molecule has 1 N–H and O–H groups in total. The van der Waals surface area contributed by atoms with E-state index in [0.29, 0.717) is 6.10 Å². The van der Waals surface area contributed by atoms with Crippen molar-refractivity contribution in [1.29, 1.82) is 0 Å². The van der Waals surface area contributed by atoms with Gasteiger partial charge in [-0.1, -0.05) is 6.92 Å². The number of nitrogens with one attached hydrogen (secondary N) is 1. The molecule has 1 aromatic rings. The molecule has 4 heteroatoms. The molecule has 0 unspecified atom stereocenters. The summed E-state index contributed by atoms with van der Waals surface area (Å²) < 4.78 is 5.88. The Balaban J connectivity index is 2.17. The molecular weight excluding hydrogens is 226 g/mol. The van der Waals surface area contributed by atoms with Crippen molar-refractivity contribution in [2.75, 3.05) is 30.4 Å². The number of hydrogen-bond acceptors (Lipinski definition) is 4. The van der Waals surface area contributed by atoms with Gasteiger partial charge in [0.15, 0.2) is 0 Å². The number of nitrogens with zero attached hydrogens (tertiary/aromatic N) is 2. The van der Waals surface area contributed by atoms with Crippen molar-refractivity contribution in [3.05, 3.63) is 17.8 Å². The minimum absolute atomic E-state index is 0.273. The molecule has 1 aliphatic heterocycles. The monoisotopic (exact) mass is 249 g/mol. The van der Waals surface area contributed by atoms with Crippen LogP contribution in [-0.2, 0) is 4.74 Å². The number of rotatable bonds is 3. The highest BCUT2D eigenvalue weighted by molar-refractivity contribution is 5.53. The van der Waals surface area contributed by atoms with Crippen LogP contribution in [0, 0.1) is 6.92 Å². The zero-order chi connectivity index (χ0) is 13.1. The first kappa shape index (κ1) is 13.1. The molecule has 0 aliphatic carbocycles. The average Bonchev–Trinajstić information content (AvgIpc) is 2.37. The summed E-state index contributed by atoms with van der Waals surface area (Å²) >= 11 is 0. The smallest absolute Gasteiger partial charge is 0.129 e. The van der Waals surface area contributed by atoms with Crippen LogP contribution < -0.4 is 10.2 Å². The second-order valence-corrected chi connectivity index (χ2v) is 4.93. The van der Waals surface area contributed by atoms with E-state index in [4.69, 9.17) is 4.74 Å². The van der Waals surface area contributed by atoms with Crippen molar-refractivity contribution in [2.45, 2.75) is 39.4 Å². The number of hydrogen-bond donors (Lipinski definition) is 1. The van der Waals surface area contributed by atoms with Crippen LogP contribution in [0.1, 0.15) is 26.0 Å². The van der Waals surface area contributed by atoms with Crippen LogP contribution in [0.2, 0.25) is 0 Å². The van der Waals surface area contributed by atoms with E-state index in [1.54, 1.807) is 0 Å². The van der Waals surface area contributed by atoms with Crippen molar-refractivity contribution in [3.8, 4) is 0 Å². The second kappa shape index (κ2) is 5.57. The first-order valence-corrected chi connectivity index (χ1v) is 6.69. The fourth-order valence-electron chi connectivity index (χ4n) is 2.45. The van der Waals surface area contributed by atoms with Crippen LogP contribution in [0.3, 0.4) is 0 Å². The first-order chi connectivity index (χ1) is 8.63. The van der Waals surface area contributed by atoms with E-state index in [9.17, 15) is 0 Å². The zero-order valence-electron chi connectivity index (χ0n) is 11.7. The fourth-order valence-corrected chi connectivity index (χ4v) is 2.45. The van der Waals surface area contributed by atoms with Gasteiger partial charge in [-0.05, 0) is 32.4 Å². The van der Waals surface area contributed by atoms with E-state index in [1.165, 1.54) is 0 Å². The Kier molecular flexibility index (Phi) is 4.07. The number of anilines is 2. The summed E-state index contributed by atoms with van der Waals surface area (Å²) in [6, 6.07) is 4.18. The predicted octanol–water partition coefficient (Wildman–Crippen LogP) is 2.44. The molecule has 4 nitrogen and oxygen atoms in total. The highest BCUT2D eigenvalue weighted by Crippen LogP contribution is 2.22. The van der Waals surface area contributed by atoms with Gasteiger partial charge in [0.25, 0.3) is 0 Å². The lowest BCUT2D eigenvalue weighted by Crippen LogP contribution is -2.46. The Hall–Kier alpha value is -1.29. The van der Waals surface area contributed by atoms with Gasteiger partial charge in [0.05, 0.1) is 23.6 Å². The van der Waals surface area contributed by atoms with Crippen LogP contribution >= 0.6 is 0 Å².